The van der Waals surface area contributed by atoms with E-state index < -0.39 is 16.0 Å². The minimum Gasteiger partial charge on any atom is -0.465 e. The fraction of sp³-hybridized carbons (Fsp3) is 0.211. The highest BCUT2D eigenvalue weighted by Gasteiger charge is 2.21. The van der Waals surface area contributed by atoms with Crippen molar-refractivity contribution in [1.82, 2.24) is 0 Å². The van der Waals surface area contributed by atoms with Gasteiger partial charge in [-0.2, -0.15) is 0 Å². The van der Waals surface area contributed by atoms with Crippen molar-refractivity contribution in [2.75, 3.05) is 11.8 Å². The highest BCUT2D eigenvalue weighted by atomic mass is 32.2. The number of carbonyl (C=O) groups excluding carboxylic acids is 1. The summed E-state index contributed by atoms with van der Waals surface area (Å²) >= 11 is 0. The third-order valence-corrected chi connectivity index (χ3v) is 5.67. The number of aryl methyl sites for hydroxylation is 3. The van der Waals surface area contributed by atoms with Gasteiger partial charge in [-0.15, -0.1) is 0 Å². The molecule has 1 heterocycles. The van der Waals surface area contributed by atoms with Gasteiger partial charge in [0.1, 0.15) is 16.9 Å². The zero-order valence-electron chi connectivity index (χ0n) is 14.9. The lowest BCUT2D eigenvalue weighted by atomic mass is 10.1. The quantitative estimate of drug-likeness (QED) is 0.700. The van der Waals surface area contributed by atoms with E-state index in [0.717, 1.165) is 5.56 Å². The van der Waals surface area contributed by atoms with Crippen LogP contribution in [-0.4, -0.2) is 21.5 Å². The molecule has 0 bridgehead atoms. The maximum absolute atomic E-state index is 12.7. The number of furan rings is 1. The molecule has 0 unspecified atom stereocenters. The van der Waals surface area contributed by atoms with Gasteiger partial charge in [0.2, 0.25) is 0 Å². The van der Waals surface area contributed by atoms with E-state index in [-0.39, 0.29) is 10.5 Å². The molecular weight excluding hydrogens is 354 g/mol. The van der Waals surface area contributed by atoms with Crippen LogP contribution >= 0.6 is 0 Å². The summed E-state index contributed by atoms with van der Waals surface area (Å²) in [6, 6.07) is 9.92. The molecule has 6 nitrogen and oxygen atoms in total. The largest absolute Gasteiger partial charge is 0.465 e. The first-order valence-corrected chi connectivity index (χ1v) is 9.43. The summed E-state index contributed by atoms with van der Waals surface area (Å²) in [5.41, 5.74) is 2.75. The summed E-state index contributed by atoms with van der Waals surface area (Å²) in [6.45, 7) is 5.31. The summed E-state index contributed by atoms with van der Waals surface area (Å²) < 4.78 is 38.3. The molecule has 3 rings (SSSR count). The third-order valence-electron chi connectivity index (χ3n) is 4.13. The van der Waals surface area contributed by atoms with Gasteiger partial charge in [-0.05, 0) is 50.6 Å². The molecule has 26 heavy (non-hydrogen) atoms. The van der Waals surface area contributed by atoms with Crippen LogP contribution in [0.15, 0.2) is 45.7 Å². The molecule has 1 N–H and O–H groups in total. The molecule has 136 valence electrons. The number of rotatable bonds is 4. The van der Waals surface area contributed by atoms with Gasteiger partial charge >= 0.3 is 5.97 Å². The van der Waals surface area contributed by atoms with Crippen molar-refractivity contribution in [2.24, 2.45) is 0 Å². The zero-order valence-corrected chi connectivity index (χ0v) is 15.7. The smallest absolute Gasteiger partial charge is 0.342 e. The van der Waals surface area contributed by atoms with Gasteiger partial charge in [-0.25, -0.2) is 13.2 Å². The lowest BCUT2D eigenvalue weighted by Gasteiger charge is -2.11. The summed E-state index contributed by atoms with van der Waals surface area (Å²) in [4.78, 5) is 12.2. The van der Waals surface area contributed by atoms with Gasteiger partial charge in [-0.1, -0.05) is 17.7 Å². The monoisotopic (exact) mass is 373 g/mol. The van der Waals surface area contributed by atoms with E-state index in [1.807, 2.05) is 13.0 Å². The maximum atomic E-state index is 12.7. The number of benzene rings is 2. The number of anilines is 1. The first-order valence-electron chi connectivity index (χ1n) is 7.94. The molecule has 0 saturated heterocycles. The average Bonchev–Trinajstić information content (AvgIpc) is 2.88. The summed E-state index contributed by atoms with van der Waals surface area (Å²) in [6.07, 6.45) is 0. The van der Waals surface area contributed by atoms with E-state index in [2.05, 4.69) is 4.72 Å². The van der Waals surface area contributed by atoms with Crippen molar-refractivity contribution in [3.8, 4) is 0 Å². The van der Waals surface area contributed by atoms with Crippen LogP contribution in [0.2, 0.25) is 0 Å². The van der Waals surface area contributed by atoms with Crippen LogP contribution in [-0.2, 0) is 14.8 Å². The molecule has 0 aliphatic carbocycles. The van der Waals surface area contributed by atoms with E-state index >= 15 is 0 Å². The van der Waals surface area contributed by atoms with E-state index in [1.165, 1.54) is 7.11 Å². The van der Waals surface area contributed by atoms with Crippen LogP contribution in [0.25, 0.3) is 11.0 Å². The number of hydrogen-bond acceptors (Lipinski definition) is 5. The second kappa shape index (κ2) is 6.49. The van der Waals surface area contributed by atoms with Crippen LogP contribution in [0.5, 0.6) is 0 Å². The Kier molecular flexibility index (Phi) is 4.50. The predicted octanol–water partition coefficient (Wildman–Crippen LogP) is 3.95. The normalized spacial score (nSPS) is 11.5. The van der Waals surface area contributed by atoms with Gasteiger partial charge in [0, 0.05) is 11.1 Å². The van der Waals surface area contributed by atoms with E-state index in [9.17, 15) is 13.2 Å². The Hall–Kier alpha value is -2.80. The number of ether oxygens (including phenoxy) is 1. The molecule has 0 saturated carbocycles. The fourth-order valence-corrected chi connectivity index (χ4v) is 4.23. The predicted molar refractivity (Wildman–Crippen MR) is 99.0 cm³/mol. The Balaban J connectivity index is 2.04. The van der Waals surface area contributed by atoms with Crippen molar-refractivity contribution in [3.05, 3.63) is 58.8 Å². The molecule has 0 aliphatic heterocycles. The molecular formula is C19H19NO5S. The molecule has 0 spiro atoms. The standard InChI is InChI=1S/C19H19NO5S/c1-11-5-8-17(12(2)9-11)26(22,23)20-14-6-7-16-15(10-14)18(13(3)25-16)19(21)24-4/h5-10,20H,1-4H3. The third kappa shape index (κ3) is 3.17. The van der Waals surface area contributed by atoms with E-state index in [0.29, 0.717) is 28.0 Å². The second-order valence-corrected chi connectivity index (χ2v) is 7.76. The SMILES string of the molecule is COC(=O)c1c(C)oc2ccc(NS(=O)(=O)c3ccc(C)cc3C)cc12. The van der Waals surface area contributed by atoms with Gasteiger partial charge in [0.05, 0.1) is 12.0 Å². The number of fused-ring (bicyclic) bond motifs is 1. The number of carbonyl (C=O) groups is 1. The number of sulfonamides is 1. The second-order valence-electron chi connectivity index (χ2n) is 6.11. The van der Waals surface area contributed by atoms with E-state index in [1.54, 1.807) is 44.2 Å². The lowest BCUT2D eigenvalue weighted by Crippen LogP contribution is -2.14. The summed E-state index contributed by atoms with van der Waals surface area (Å²) in [7, 11) is -2.47. The number of methoxy groups -OCH3 is 1. The number of hydrogen-bond donors (Lipinski definition) is 1. The van der Waals surface area contributed by atoms with Crippen molar-refractivity contribution < 1.29 is 22.4 Å². The number of nitrogens with one attached hydrogen (secondary N) is 1. The van der Waals surface area contributed by atoms with Gasteiger partial charge < -0.3 is 9.15 Å². The molecule has 1 aromatic heterocycles. The van der Waals surface area contributed by atoms with Crippen LogP contribution in [0.4, 0.5) is 5.69 Å². The highest BCUT2D eigenvalue weighted by molar-refractivity contribution is 7.92. The maximum Gasteiger partial charge on any atom is 0.342 e. The van der Waals surface area contributed by atoms with Crippen molar-refractivity contribution in [1.29, 1.82) is 0 Å². The van der Waals surface area contributed by atoms with Gasteiger partial charge in [-0.3, -0.25) is 4.72 Å². The molecule has 0 atom stereocenters. The van der Waals surface area contributed by atoms with Crippen LogP contribution in [0.3, 0.4) is 0 Å². The Morgan fingerprint density at radius 1 is 1.08 bits per heavy atom. The zero-order chi connectivity index (χ0) is 19.1. The van der Waals surface area contributed by atoms with Crippen LogP contribution < -0.4 is 4.72 Å². The molecule has 0 amide bonds. The fourth-order valence-electron chi connectivity index (χ4n) is 2.95. The molecule has 0 aliphatic rings. The van der Waals surface area contributed by atoms with Crippen molar-refractivity contribution in [2.45, 2.75) is 25.7 Å². The average molecular weight is 373 g/mol. The van der Waals surface area contributed by atoms with Crippen molar-refractivity contribution >= 4 is 32.6 Å². The first-order chi connectivity index (χ1) is 12.2. The minimum atomic E-state index is -3.76. The van der Waals surface area contributed by atoms with Gasteiger partial charge in [0.15, 0.2) is 0 Å². The lowest BCUT2D eigenvalue weighted by molar-refractivity contribution is 0.0600. The topological polar surface area (TPSA) is 85.6 Å². The van der Waals surface area contributed by atoms with Crippen LogP contribution in [0.1, 0.15) is 27.2 Å². The highest BCUT2D eigenvalue weighted by Crippen LogP contribution is 2.30. The Morgan fingerprint density at radius 3 is 2.46 bits per heavy atom. The Bertz CT molecular complexity index is 1110. The minimum absolute atomic E-state index is 0.208. The summed E-state index contributed by atoms with van der Waals surface area (Å²) in [5.74, 6) is -0.114. The molecule has 2 aromatic carbocycles. The Labute approximate surface area is 151 Å². The molecule has 3 aromatic rings. The van der Waals surface area contributed by atoms with Crippen molar-refractivity contribution in [3.63, 3.8) is 0 Å². The van der Waals surface area contributed by atoms with Gasteiger partial charge in [0.25, 0.3) is 10.0 Å². The number of esters is 1. The Morgan fingerprint density at radius 2 is 1.81 bits per heavy atom. The first kappa shape index (κ1) is 18.0. The summed E-state index contributed by atoms with van der Waals surface area (Å²) in [5, 5.41) is 0.496. The molecule has 0 fully saturated rings. The van der Waals surface area contributed by atoms with Crippen LogP contribution in [0, 0.1) is 20.8 Å². The van der Waals surface area contributed by atoms with E-state index in [4.69, 9.17) is 9.15 Å². The molecule has 7 heteroatoms. The molecule has 0 radical (unpaired) electrons.